The number of rotatable bonds is 5. The van der Waals surface area contributed by atoms with Gasteiger partial charge in [0.15, 0.2) is 0 Å². The third kappa shape index (κ3) is 3.98. The molecule has 1 fully saturated rings. The standard InChI is InChI=1S/C26H24O7S2/c1-14-11-16(3-9-20(14)28)24-22-13-23(35(31,32)33-19-7-5-18(27)6-8-19)26(34(22)30)25(24)17-4-10-21(29)15(2)12-17/h3-12,22-23,26-29H,13H2,1-2H3/t22-,23-,26+,34?/m0/s1. The first-order valence-electron chi connectivity index (χ1n) is 11.0. The lowest BCUT2D eigenvalue weighted by molar-refractivity contribution is 0.462. The Bertz CT molecular complexity index is 1490. The third-order valence-electron chi connectivity index (χ3n) is 6.65. The van der Waals surface area contributed by atoms with Gasteiger partial charge in [-0.25, -0.2) is 0 Å². The highest BCUT2D eigenvalue weighted by Gasteiger charge is 2.57. The van der Waals surface area contributed by atoms with Gasteiger partial charge < -0.3 is 19.5 Å². The van der Waals surface area contributed by atoms with E-state index in [0.717, 1.165) is 11.1 Å². The SMILES string of the molecule is Cc1cc(C2=C(c3ccc(O)c(C)c3)[C@H]3[C@@H](S(=O)(=O)Oc4ccc(O)cc4)C[C@@H]2S3=O)ccc1O. The number of phenolic OH excluding ortho intramolecular Hbond substituents is 3. The summed E-state index contributed by atoms with van der Waals surface area (Å²) in [6.07, 6.45) is 0.132. The predicted molar refractivity (Wildman–Crippen MR) is 134 cm³/mol. The zero-order valence-corrected chi connectivity index (χ0v) is 20.6. The van der Waals surface area contributed by atoms with Gasteiger partial charge in [-0.15, -0.1) is 0 Å². The molecular formula is C26H24O7S2. The largest absolute Gasteiger partial charge is 0.508 e. The second-order valence-corrected chi connectivity index (χ2v) is 12.4. The van der Waals surface area contributed by atoms with Crippen molar-refractivity contribution in [2.45, 2.75) is 36.0 Å². The van der Waals surface area contributed by atoms with Crippen LogP contribution in [0.3, 0.4) is 0 Å². The third-order valence-corrected chi connectivity index (χ3v) is 10.5. The molecule has 2 aliphatic heterocycles. The summed E-state index contributed by atoms with van der Waals surface area (Å²) < 4.78 is 45.7. The van der Waals surface area contributed by atoms with Crippen LogP contribution in [0, 0.1) is 13.8 Å². The minimum Gasteiger partial charge on any atom is -0.508 e. The van der Waals surface area contributed by atoms with Crippen LogP contribution < -0.4 is 4.18 Å². The number of aromatic hydroxyl groups is 3. The molecule has 7 nitrogen and oxygen atoms in total. The van der Waals surface area contributed by atoms with Crippen LogP contribution in [-0.2, 0) is 20.9 Å². The van der Waals surface area contributed by atoms with E-state index in [0.29, 0.717) is 22.3 Å². The molecule has 9 heteroatoms. The molecule has 3 aromatic rings. The quantitative estimate of drug-likeness (QED) is 0.442. The van der Waals surface area contributed by atoms with Crippen LogP contribution in [0.5, 0.6) is 23.0 Å². The van der Waals surface area contributed by atoms with Gasteiger partial charge in [-0.05, 0) is 102 Å². The molecule has 1 saturated heterocycles. The Labute approximate surface area is 205 Å². The minimum absolute atomic E-state index is 0.0162. The van der Waals surface area contributed by atoms with Gasteiger partial charge in [0.1, 0.15) is 28.2 Å². The zero-order valence-electron chi connectivity index (χ0n) is 19.0. The molecule has 182 valence electrons. The van der Waals surface area contributed by atoms with E-state index in [4.69, 9.17) is 4.18 Å². The molecule has 2 aliphatic rings. The second kappa shape index (κ2) is 8.42. The van der Waals surface area contributed by atoms with Gasteiger partial charge in [-0.1, -0.05) is 12.1 Å². The van der Waals surface area contributed by atoms with Crippen molar-refractivity contribution in [1.29, 1.82) is 0 Å². The second-order valence-electron chi connectivity index (χ2n) is 8.91. The molecule has 2 bridgehead atoms. The number of fused-ring (bicyclic) bond motifs is 2. The molecule has 0 spiro atoms. The number of hydrogen-bond acceptors (Lipinski definition) is 7. The van der Waals surface area contributed by atoms with Gasteiger partial charge in [-0.3, -0.25) is 4.21 Å². The molecule has 0 amide bonds. The first-order valence-corrected chi connectivity index (χ1v) is 13.8. The molecule has 0 aromatic heterocycles. The van der Waals surface area contributed by atoms with Crippen molar-refractivity contribution in [2.24, 2.45) is 0 Å². The Balaban J connectivity index is 1.64. The number of hydrogen-bond donors (Lipinski definition) is 3. The molecule has 4 atom stereocenters. The molecule has 3 aromatic carbocycles. The van der Waals surface area contributed by atoms with E-state index in [1.165, 1.54) is 24.3 Å². The van der Waals surface area contributed by atoms with Crippen molar-refractivity contribution in [2.75, 3.05) is 0 Å². The Morgan fingerprint density at radius 3 is 1.91 bits per heavy atom. The van der Waals surface area contributed by atoms with E-state index in [-0.39, 0.29) is 29.4 Å². The van der Waals surface area contributed by atoms with Crippen molar-refractivity contribution < 1.29 is 32.1 Å². The van der Waals surface area contributed by atoms with Crippen LogP contribution in [0.15, 0.2) is 60.7 Å². The molecular weight excluding hydrogens is 488 g/mol. The predicted octanol–water partition coefficient (Wildman–Crippen LogP) is 4.01. The average Bonchev–Trinajstić information content (AvgIpc) is 3.29. The topological polar surface area (TPSA) is 121 Å². The fraction of sp³-hybridized carbons (Fsp3) is 0.231. The first-order chi connectivity index (χ1) is 16.6. The van der Waals surface area contributed by atoms with E-state index < -0.39 is 36.7 Å². The maximum absolute atomic E-state index is 13.6. The van der Waals surface area contributed by atoms with Crippen molar-refractivity contribution in [3.05, 3.63) is 82.9 Å². The highest BCUT2D eigenvalue weighted by Crippen LogP contribution is 2.53. The molecule has 0 radical (unpaired) electrons. The van der Waals surface area contributed by atoms with Gasteiger partial charge in [-0.2, -0.15) is 8.42 Å². The van der Waals surface area contributed by atoms with Crippen LogP contribution >= 0.6 is 0 Å². The molecule has 0 aliphatic carbocycles. The lowest BCUT2D eigenvalue weighted by atomic mass is 9.83. The van der Waals surface area contributed by atoms with Gasteiger partial charge in [0, 0.05) is 10.8 Å². The van der Waals surface area contributed by atoms with Crippen molar-refractivity contribution in [3.63, 3.8) is 0 Å². The van der Waals surface area contributed by atoms with Gasteiger partial charge in [0.05, 0.1) is 10.5 Å². The van der Waals surface area contributed by atoms with E-state index >= 15 is 0 Å². The normalized spacial score (nSPS) is 23.6. The monoisotopic (exact) mass is 512 g/mol. The fourth-order valence-corrected chi connectivity index (χ4v) is 9.27. The summed E-state index contributed by atoms with van der Waals surface area (Å²) >= 11 is 0. The van der Waals surface area contributed by atoms with Crippen LogP contribution in [0.2, 0.25) is 0 Å². The van der Waals surface area contributed by atoms with Gasteiger partial charge in [0.25, 0.3) is 0 Å². The lowest BCUT2D eigenvalue weighted by Crippen LogP contribution is -2.35. The average molecular weight is 513 g/mol. The highest BCUT2D eigenvalue weighted by atomic mass is 32.2. The van der Waals surface area contributed by atoms with E-state index in [2.05, 4.69) is 0 Å². The van der Waals surface area contributed by atoms with Crippen LogP contribution in [0.4, 0.5) is 0 Å². The minimum atomic E-state index is -4.17. The van der Waals surface area contributed by atoms with Crippen molar-refractivity contribution in [3.8, 4) is 23.0 Å². The molecule has 35 heavy (non-hydrogen) atoms. The van der Waals surface area contributed by atoms with Crippen LogP contribution in [0.1, 0.15) is 28.7 Å². The number of phenols is 3. The Kier molecular flexibility index (Phi) is 5.64. The van der Waals surface area contributed by atoms with Crippen molar-refractivity contribution in [1.82, 2.24) is 0 Å². The summed E-state index contributed by atoms with van der Waals surface area (Å²) in [4.78, 5) is 0. The summed E-state index contributed by atoms with van der Waals surface area (Å²) in [5.74, 6) is 0.304. The smallest absolute Gasteiger partial charge is 0.313 e. The Hall–Kier alpha value is -3.30. The molecule has 5 rings (SSSR count). The van der Waals surface area contributed by atoms with Crippen LogP contribution in [0.25, 0.3) is 11.1 Å². The first kappa shape index (κ1) is 23.4. The summed E-state index contributed by atoms with van der Waals surface area (Å²) in [6, 6.07) is 15.5. The molecule has 1 unspecified atom stereocenters. The van der Waals surface area contributed by atoms with E-state index in [1.54, 1.807) is 44.2 Å². The maximum Gasteiger partial charge on any atom is 0.313 e. The molecule has 2 heterocycles. The lowest BCUT2D eigenvalue weighted by Gasteiger charge is -2.26. The number of benzene rings is 3. The van der Waals surface area contributed by atoms with Gasteiger partial charge >= 0.3 is 10.1 Å². The summed E-state index contributed by atoms with van der Waals surface area (Å²) in [5, 5.41) is 27.1. The zero-order chi connectivity index (χ0) is 25.1. The summed E-state index contributed by atoms with van der Waals surface area (Å²) in [5.41, 5.74) is 4.17. The fourth-order valence-electron chi connectivity index (χ4n) is 4.89. The number of aryl methyl sites for hydroxylation is 2. The van der Waals surface area contributed by atoms with Crippen LogP contribution in [-0.4, -0.2) is 43.7 Å². The van der Waals surface area contributed by atoms with E-state index in [9.17, 15) is 27.9 Å². The highest BCUT2D eigenvalue weighted by molar-refractivity contribution is 7.92. The molecule has 0 saturated carbocycles. The Morgan fingerprint density at radius 1 is 0.829 bits per heavy atom. The van der Waals surface area contributed by atoms with E-state index in [1.807, 2.05) is 6.07 Å². The summed E-state index contributed by atoms with van der Waals surface area (Å²) in [7, 11) is -5.69. The Morgan fingerprint density at radius 2 is 1.37 bits per heavy atom. The van der Waals surface area contributed by atoms with Gasteiger partial charge in [0.2, 0.25) is 0 Å². The maximum atomic E-state index is 13.6. The summed E-state index contributed by atoms with van der Waals surface area (Å²) in [6.45, 7) is 3.52. The molecule has 3 N–H and O–H groups in total. The van der Waals surface area contributed by atoms with Crippen molar-refractivity contribution >= 4 is 32.1 Å².